The van der Waals surface area contributed by atoms with Crippen molar-refractivity contribution in [2.75, 3.05) is 23.7 Å². The molecule has 0 radical (unpaired) electrons. The van der Waals surface area contributed by atoms with Crippen molar-refractivity contribution in [2.45, 2.75) is 19.3 Å². The molecule has 144 valence electrons. The molecule has 1 aliphatic rings. The van der Waals surface area contributed by atoms with Crippen LogP contribution in [-0.2, 0) is 0 Å². The van der Waals surface area contributed by atoms with Crippen LogP contribution in [0.4, 0.5) is 17.3 Å². The number of benzene rings is 1. The summed E-state index contributed by atoms with van der Waals surface area (Å²) in [7, 11) is 0. The molecule has 0 unspecified atom stereocenters. The van der Waals surface area contributed by atoms with Crippen LogP contribution in [0.3, 0.4) is 0 Å². The van der Waals surface area contributed by atoms with E-state index in [9.17, 15) is 10.1 Å². The Morgan fingerprint density at radius 3 is 2.75 bits per heavy atom. The van der Waals surface area contributed by atoms with Crippen molar-refractivity contribution in [3.05, 3.63) is 46.2 Å². The Hall–Kier alpha value is -3.76. The molecule has 0 saturated carbocycles. The molecule has 28 heavy (non-hydrogen) atoms. The molecule has 3 aromatic rings. The Kier molecular flexibility index (Phi) is 4.70. The zero-order valence-corrected chi connectivity index (χ0v) is 14.9. The molecule has 11 nitrogen and oxygen atoms in total. The summed E-state index contributed by atoms with van der Waals surface area (Å²) in [5.41, 5.74) is 6.88. The largest absolute Gasteiger partial charge is 0.455 e. The van der Waals surface area contributed by atoms with Crippen molar-refractivity contribution in [1.29, 1.82) is 0 Å². The standard InChI is InChI=1S/C17H18N8O3/c18-17-20-21-22-24(17)19-11-13-5-7-16(28-13)12-4-6-14(15(10-12)25(26)27)23-8-2-1-3-9-23/h4-7,10-11H,1-3,8-9H2,(H2,18,20,22). The number of piperidine rings is 1. The van der Waals surface area contributed by atoms with E-state index in [4.69, 9.17) is 10.2 Å². The molecule has 2 N–H and O–H groups in total. The molecule has 1 aromatic carbocycles. The summed E-state index contributed by atoms with van der Waals surface area (Å²) in [6.07, 6.45) is 4.67. The fourth-order valence-electron chi connectivity index (χ4n) is 3.19. The van der Waals surface area contributed by atoms with Crippen LogP contribution in [0.25, 0.3) is 11.3 Å². The molecule has 1 saturated heterocycles. The Labute approximate surface area is 159 Å². The van der Waals surface area contributed by atoms with Gasteiger partial charge in [-0.25, -0.2) is 0 Å². The van der Waals surface area contributed by atoms with Crippen molar-refractivity contribution in [1.82, 2.24) is 20.3 Å². The highest BCUT2D eigenvalue weighted by atomic mass is 16.6. The Morgan fingerprint density at radius 2 is 2.04 bits per heavy atom. The van der Waals surface area contributed by atoms with Crippen molar-refractivity contribution < 1.29 is 9.34 Å². The first kappa shape index (κ1) is 17.6. The third-order valence-corrected chi connectivity index (χ3v) is 4.55. The molecule has 0 spiro atoms. The maximum Gasteiger partial charge on any atom is 0.293 e. The van der Waals surface area contributed by atoms with Crippen molar-refractivity contribution in [3.63, 3.8) is 0 Å². The maximum absolute atomic E-state index is 11.6. The molecule has 1 aliphatic heterocycles. The zero-order chi connectivity index (χ0) is 19.5. The Balaban J connectivity index is 1.60. The number of furan rings is 1. The second-order valence-electron chi connectivity index (χ2n) is 6.38. The highest BCUT2D eigenvalue weighted by molar-refractivity contribution is 5.78. The third-order valence-electron chi connectivity index (χ3n) is 4.55. The third kappa shape index (κ3) is 3.54. The molecular formula is C17H18N8O3. The summed E-state index contributed by atoms with van der Waals surface area (Å²) < 4.78 is 5.72. The number of nitrogens with two attached hydrogens (primary N) is 1. The van der Waals surface area contributed by atoms with Gasteiger partial charge in [-0.3, -0.25) is 10.1 Å². The second kappa shape index (κ2) is 7.47. The van der Waals surface area contributed by atoms with Gasteiger partial charge < -0.3 is 15.1 Å². The SMILES string of the molecule is Nc1nnnn1N=Cc1ccc(-c2ccc(N3CCCCC3)c([N+](=O)[O-])c2)o1. The van der Waals surface area contributed by atoms with Crippen LogP contribution < -0.4 is 10.6 Å². The van der Waals surface area contributed by atoms with Gasteiger partial charge in [0.05, 0.1) is 11.1 Å². The summed E-state index contributed by atoms with van der Waals surface area (Å²) in [6.45, 7) is 1.67. The van der Waals surface area contributed by atoms with E-state index >= 15 is 0 Å². The first-order valence-corrected chi connectivity index (χ1v) is 8.83. The van der Waals surface area contributed by atoms with Gasteiger partial charge in [-0.15, -0.1) is 0 Å². The molecular weight excluding hydrogens is 364 g/mol. The normalized spacial score (nSPS) is 14.6. The summed E-state index contributed by atoms with van der Waals surface area (Å²) >= 11 is 0. The molecule has 0 amide bonds. The lowest BCUT2D eigenvalue weighted by Gasteiger charge is -2.28. The fraction of sp³-hybridized carbons (Fsp3) is 0.294. The zero-order valence-electron chi connectivity index (χ0n) is 14.9. The number of aromatic nitrogens is 4. The highest BCUT2D eigenvalue weighted by Crippen LogP contribution is 2.35. The number of rotatable bonds is 5. The van der Waals surface area contributed by atoms with E-state index in [-0.39, 0.29) is 16.6 Å². The summed E-state index contributed by atoms with van der Waals surface area (Å²) in [5, 5.41) is 26.1. The van der Waals surface area contributed by atoms with Gasteiger partial charge in [0, 0.05) is 24.7 Å². The van der Waals surface area contributed by atoms with Crippen molar-refractivity contribution in [3.8, 4) is 11.3 Å². The average molecular weight is 382 g/mol. The monoisotopic (exact) mass is 382 g/mol. The van der Waals surface area contributed by atoms with E-state index in [0.717, 1.165) is 37.1 Å². The summed E-state index contributed by atoms with van der Waals surface area (Å²) in [5.74, 6) is 0.985. The van der Waals surface area contributed by atoms with Gasteiger partial charge >= 0.3 is 0 Å². The fourth-order valence-corrected chi connectivity index (χ4v) is 3.19. The minimum absolute atomic E-state index is 0.0481. The van der Waals surface area contributed by atoms with Crippen LogP contribution in [0.1, 0.15) is 25.0 Å². The van der Waals surface area contributed by atoms with Crippen LogP contribution in [0.5, 0.6) is 0 Å². The van der Waals surface area contributed by atoms with Crippen molar-refractivity contribution in [2.24, 2.45) is 5.10 Å². The number of hydrogen-bond donors (Lipinski definition) is 1. The van der Waals surface area contributed by atoms with Gasteiger partial charge in [-0.05, 0) is 54.0 Å². The van der Waals surface area contributed by atoms with E-state index in [1.807, 2.05) is 6.07 Å². The van der Waals surface area contributed by atoms with Gasteiger partial charge in [0.25, 0.3) is 11.6 Å². The summed E-state index contributed by atoms with van der Waals surface area (Å²) in [4.78, 5) is 14.4. The number of nitro benzene ring substituents is 1. The van der Waals surface area contributed by atoms with E-state index in [1.165, 1.54) is 6.21 Å². The van der Waals surface area contributed by atoms with Crippen LogP contribution in [0.15, 0.2) is 39.9 Å². The van der Waals surface area contributed by atoms with Crippen LogP contribution >= 0.6 is 0 Å². The van der Waals surface area contributed by atoms with Crippen LogP contribution in [0.2, 0.25) is 0 Å². The van der Waals surface area contributed by atoms with Gasteiger partial charge in [0.2, 0.25) is 0 Å². The molecule has 2 aromatic heterocycles. The van der Waals surface area contributed by atoms with E-state index in [0.29, 0.717) is 22.8 Å². The average Bonchev–Trinajstić information content (AvgIpc) is 3.35. The number of nitrogen functional groups attached to an aromatic ring is 1. The predicted molar refractivity (Wildman–Crippen MR) is 102 cm³/mol. The topological polar surface area (TPSA) is 142 Å². The molecule has 0 bridgehead atoms. The van der Waals surface area contributed by atoms with E-state index < -0.39 is 0 Å². The number of anilines is 2. The number of tetrazole rings is 1. The van der Waals surface area contributed by atoms with Crippen LogP contribution in [-0.4, -0.2) is 44.5 Å². The number of nitro groups is 1. The minimum atomic E-state index is -0.348. The molecule has 3 heterocycles. The predicted octanol–water partition coefficient (Wildman–Crippen LogP) is 2.30. The lowest BCUT2D eigenvalue weighted by molar-refractivity contribution is -0.384. The van der Waals surface area contributed by atoms with Gasteiger partial charge in [0.1, 0.15) is 17.2 Å². The maximum atomic E-state index is 11.6. The summed E-state index contributed by atoms with van der Waals surface area (Å²) in [6, 6.07) is 8.59. The van der Waals surface area contributed by atoms with Gasteiger partial charge in [0.15, 0.2) is 0 Å². The first-order chi connectivity index (χ1) is 13.6. The number of hydrogen-bond acceptors (Lipinski definition) is 9. The molecule has 0 atom stereocenters. The van der Waals surface area contributed by atoms with Gasteiger partial charge in [-0.2, -0.15) is 5.10 Å². The minimum Gasteiger partial charge on any atom is -0.455 e. The Bertz CT molecular complexity index is 1020. The number of nitrogens with zero attached hydrogens (tertiary/aromatic N) is 7. The highest BCUT2D eigenvalue weighted by Gasteiger charge is 2.22. The smallest absolute Gasteiger partial charge is 0.293 e. The Morgan fingerprint density at radius 1 is 1.21 bits per heavy atom. The molecule has 1 fully saturated rings. The first-order valence-electron chi connectivity index (χ1n) is 8.83. The van der Waals surface area contributed by atoms with E-state index in [2.05, 4.69) is 25.5 Å². The lowest BCUT2D eigenvalue weighted by Crippen LogP contribution is -2.29. The van der Waals surface area contributed by atoms with Crippen LogP contribution in [0, 0.1) is 10.1 Å². The molecule has 4 rings (SSSR count). The van der Waals surface area contributed by atoms with Crippen molar-refractivity contribution >= 4 is 23.5 Å². The van der Waals surface area contributed by atoms with E-state index in [1.54, 1.807) is 24.3 Å². The second-order valence-corrected chi connectivity index (χ2v) is 6.38. The molecule has 11 heteroatoms. The van der Waals surface area contributed by atoms with Gasteiger partial charge in [-0.1, -0.05) is 9.89 Å². The quantitative estimate of drug-likeness (QED) is 0.402. The lowest BCUT2D eigenvalue weighted by atomic mass is 10.1. The molecule has 0 aliphatic carbocycles.